The molecular formula is C28H26F2N2O5S. The summed E-state index contributed by atoms with van der Waals surface area (Å²) in [5, 5.41) is 11.2. The lowest BCUT2D eigenvalue weighted by molar-refractivity contribution is 0.0306. The second-order valence-electron chi connectivity index (χ2n) is 9.66. The fourth-order valence-electron chi connectivity index (χ4n) is 4.36. The fourth-order valence-corrected chi connectivity index (χ4v) is 5.48. The summed E-state index contributed by atoms with van der Waals surface area (Å²) >= 11 is 1.12. The molecule has 5 rings (SSSR count). The molecule has 10 heteroatoms. The number of morpholine rings is 1. The van der Waals surface area contributed by atoms with Gasteiger partial charge in [0.2, 0.25) is 0 Å². The van der Waals surface area contributed by atoms with Gasteiger partial charge in [-0.2, -0.15) is 0 Å². The maximum atomic E-state index is 14.5. The molecule has 2 aromatic heterocycles. The number of nitrogens with zero attached hydrogens (tertiary/aromatic N) is 2. The summed E-state index contributed by atoms with van der Waals surface area (Å²) in [6, 6.07) is 9.65. The van der Waals surface area contributed by atoms with Crippen molar-refractivity contribution in [3.63, 3.8) is 0 Å². The molecule has 4 aromatic rings. The van der Waals surface area contributed by atoms with Crippen molar-refractivity contribution in [3.05, 3.63) is 81.1 Å². The molecule has 0 bridgehead atoms. The van der Waals surface area contributed by atoms with Crippen LogP contribution in [0.2, 0.25) is 0 Å². The van der Waals surface area contributed by atoms with Gasteiger partial charge in [-0.15, -0.1) is 11.3 Å². The number of benzene rings is 2. The lowest BCUT2D eigenvalue weighted by atomic mass is 9.93. The second-order valence-corrected chi connectivity index (χ2v) is 10.7. The third-order valence-corrected chi connectivity index (χ3v) is 7.57. The van der Waals surface area contributed by atoms with Gasteiger partial charge in [0.15, 0.2) is 11.6 Å². The summed E-state index contributed by atoms with van der Waals surface area (Å²) in [4.78, 5) is 28.4. The number of hydrogen-bond donors (Lipinski definition) is 1. The minimum Gasteiger partial charge on any atom is -0.454 e. The zero-order valence-corrected chi connectivity index (χ0v) is 21.9. The molecule has 2 aromatic carbocycles. The van der Waals surface area contributed by atoms with Crippen molar-refractivity contribution < 1.29 is 28.2 Å². The molecule has 3 heterocycles. The Bertz CT molecular complexity index is 1600. The summed E-state index contributed by atoms with van der Waals surface area (Å²) in [5.74, 6) is -1.74. The summed E-state index contributed by atoms with van der Waals surface area (Å²) in [5.41, 5.74) is 0.113. The maximum absolute atomic E-state index is 14.5. The van der Waals surface area contributed by atoms with E-state index in [0.717, 1.165) is 23.5 Å². The van der Waals surface area contributed by atoms with Gasteiger partial charge >= 0.3 is 0 Å². The quantitative estimate of drug-likeness (QED) is 0.384. The molecule has 1 saturated heterocycles. The van der Waals surface area contributed by atoms with E-state index in [-0.39, 0.29) is 23.0 Å². The van der Waals surface area contributed by atoms with Gasteiger partial charge in [-0.1, -0.05) is 6.07 Å². The van der Waals surface area contributed by atoms with E-state index < -0.39 is 17.2 Å². The van der Waals surface area contributed by atoms with E-state index in [9.17, 15) is 23.5 Å². The number of carbonyl (C=O) groups excluding carboxylic acids is 1. The van der Waals surface area contributed by atoms with Crippen molar-refractivity contribution in [2.24, 2.45) is 7.05 Å². The van der Waals surface area contributed by atoms with E-state index in [2.05, 4.69) is 0 Å². The number of hydrogen-bond acceptors (Lipinski definition) is 6. The van der Waals surface area contributed by atoms with Crippen LogP contribution in [0.5, 0.6) is 11.5 Å². The molecule has 1 amide bonds. The topological polar surface area (TPSA) is 81.0 Å². The molecule has 0 radical (unpaired) electrons. The van der Waals surface area contributed by atoms with Gasteiger partial charge in [0.25, 0.3) is 11.5 Å². The number of aromatic nitrogens is 1. The first-order valence-corrected chi connectivity index (χ1v) is 12.8. The Kier molecular flexibility index (Phi) is 6.81. The van der Waals surface area contributed by atoms with Crippen LogP contribution in [0.1, 0.15) is 29.1 Å². The van der Waals surface area contributed by atoms with Gasteiger partial charge in [-0.25, -0.2) is 8.78 Å². The molecular weight excluding hydrogens is 514 g/mol. The molecule has 1 N–H and O–H groups in total. The Hall–Kier alpha value is -3.60. The van der Waals surface area contributed by atoms with Gasteiger partial charge in [0, 0.05) is 48.9 Å². The highest BCUT2D eigenvalue weighted by molar-refractivity contribution is 7.20. The number of aryl methyl sites for hydroxylation is 1. The van der Waals surface area contributed by atoms with Crippen LogP contribution in [-0.2, 0) is 17.4 Å². The monoisotopic (exact) mass is 540 g/mol. The zero-order valence-electron chi connectivity index (χ0n) is 21.1. The van der Waals surface area contributed by atoms with Crippen molar-refractivity contribution in [1.29, 1.82) is 0 Å². The van der Waals surface area contributed by atoms with E-state index in [1.165, 1.54) is 10.6 Å². The van der Waals surface area contributed by atoms with E-state index in [0.29, 0.717) is 58.0 Å². The Balaban J connectivity index is 1.70. The SMILES string of the molecule is Cn1cc(-c2cc(C(C)(C)O)ccc2Oc2ccc(F)cc2F)c2cc(C(=O)N3CCOCC3)sc2c1=O. The first kappa shape index (κ1) is 26.0. The van der Waals surface area contributed by atoms with Crippen LogP contribution < -0.4 is 10.3 Å². The van der Waals surface area contributed by atoms with Crippen LogP contribution >= 0.6 is 11.3 Å². The molecule has 0 unspecified atom stereocenters. The van der Waals surface area contributed by atoms with E-state index in [1.807, 2.05) is 0 Å². The maximum Gasteiger partial charge on any atom is 0.268 e. The first-order chi connectivity index (χ1) is 18.0. The van der Waals surface area contributed by atoms with Crippen molar-refractivity contribution in [2.75, 3.05) is 26.3 Å². The van der Waals surface area contributed by atoms with Crippen molar-refractivity contribution in [3.8, 4) is 22.6 Å². The van der Waals surface area contributed by atoms with Crippen LogP contribution in [0.15, 0.2) is 53.5 Å². The number of ether oxygens (including phenoxy) is 2. The summed E-state index contributed by atoms with van der Waals surface area (Å²) in [7, 11) is 1.61. The van der Waals surface area contributed by atoms with E-state index >= 15 is 0 Å². The minimum absolute atomic E-state index is 0.182. The predicted octanol–water partition coefficient (Wildman–Crippen LogP) is 5.04. The molecule has 7 nitrogen and oxygen atoms in total. The van der Waals surface area contributed by atoms with E-state index in [4.69, 9.17) is 9.47 Å². The summed E-state index contributed by atoms with van der Waals surface area (Å²) in [6.45, 7) is 5.10. The Labute approximate surface area is 221 Å². The highest BCUT2D eigenvalue weighted by Crippen LogP contribution is 2.41. The van der Waals surface area contributed by atoms with Crippen molar-refractivity contribution in [2.45, 2.75) is 19.4 Å². The normalized spacial score (nSPS) is 14.2. The third-order valence-electron chi connectivity index (χ3n) is 6.46. The molecule has 1 aliphatic rings. The summed E-state index contributed by atoms with van der Waals surface area (Å²) < 4.78 is 41.0. The standard InChI is InChI=1S/C28H26F2N2O5S/c1-28(2,35)16-4-6-22(37-23-7-5-17(29)13-21(23)30)18(12-16)20-15-31(3)27(34)25-19(20)14-24(38-25)26(33)32-8-10-36-11-9-32/h4-7,12-15,35H,8-11H2,1-3H3. The van der Waals surface area contributed by atoms with E-state index in [1.54, 1.807) is 56.3 Å². The van der Waals surface area contributed by atoms with Crippen molar-refractivity contribution >= 4 is 27.3 Å². The zero-order chi connectivity index (χ0) is 27.2. The number of carbonyl (C=O) groups is 1. The smallest absolute Gasteiger partial charge is 0.268 e. The molecule has 38 heavy (non-hydrogen) atoms. The van der Waals surface area contributed by atoms with Gasteiger partial charge in [0.05, 0.1) is 23.7 Å². The number of pyridine rings is 1. The number of fused-ring (bicyclic) bond motifs is 1. The predicted molar refractivity (Wildman–Crippen MR) is 141 cm³/mol. The number of halogens is 2. The van der Waals surface area contributed by atoms with Crippen LogP contribution in [0, 0.1) is 11.6 Å². The lowest BCUT2D eigenvalue weighted by Crippen LogP contribution is -2.40. The van der Waals surface area contributed by atoms with Gasteiger partial charge in [0.1, 0.15) is 16.3 Å². The molecule has 0 atom stereocenters. The van der Waals surface area contributed by atoms with Crippen molar-refractivity contribution in [1.82, 2.24) is 9.47 Å². The first-order valence-electron chi connectivity index (χ1n) is 12.0. The number of amides is 1. The van der Waals surface area contributed by atoms with Crippen LogP contribution in [0.25, 0.3) is 21.2 Å². The second kappa shape index (κ2) is 9.94. The van der Waals surface area contributed by atoms with Crippen LogP contribution in [0.3, 0.4) is 0 Å². The van der Waals surface area contributed by atoms with Gasteiger partial charge < -0.3 is 24.0 Å². The summed E-state index contributed by atoms with van der Waals surface area (Å²) in [6.07, 6.45) is 1.62. The largest absolute Gasteiger partial charge is 0.454 e. The molecule has 0 aliphatic carbocycles. The highest BCUT2D eigenvalue weighted by Gasteiger charge is 2.25. The molecule has 1 fully saturated rings. The number of rotatable bonds is 5. The Morgan fingerprint density at radius 2 is 1.76 bits per heavy atom. The lowest BCUT2D eigenvalue weighted by Gasteiger charge is -2.26. The Morgan fingerprint density at radius 3 is 2.45 bits per heavy atom. The average Bonchev–Trinajstić information content (AvgIpc) is 3.33. The van der Waals surface area contributed by atoms with Gasteiger partial charge in [-0.3, -0.25) is 9.59 Å². The average molecular weight is 541 g/mol. The Morgan fingerprint density at radius 1 is 1.05 bits per heavy atom. The molecule has 1 aliphatic heterocycles. The van der Waals surface area contributed by atoms with Gasteiger partial charge in [-0.05, 0) is 49.7 Å². The molecule has 198 valence electrons. The number of aliphatic hydroxyl groups is 1. The highest BCUT2D eigenvalue weighted by atomic mass is 32.1. The van der Waals surface area contributed by atoms with Crippen LogP contribution in [0.4, 0.5) is 8.78 Å². The fraction of sp³-hybridized carbons (Fsp3) is 0.286. The molecule has 0 saturated carbocycles. The minimum atomic E-state index is -1.21. The van der Waals surface area contributed by atoms with Crippen LogP contribution in [-0.4, -0.2) is 46.8 Å². The number of thiophene rings is 1. The third kappa shape index (κ3) is 4.94. The molecule has 0 spiro atoms.